The number of rotatable bonds is 5. The average Bonchev–Trinajstić information content (AvgIpc) is 2.72. The first kappa shape index (κ1) is 23.6. The zero-order valence-electron chi connectivity index (χ0n) is 18.9. The van der Waals surface area contributed by atoms with Crippen molar-refractivity contribution < 1.29 is 0 Å². The Morgan fingerprint density at radius 2 is 1.83 bits per heavy atom. The van der Waals surface area contributed by atoms with Crippen LogP contribution in [0.2, 0.25) is 5.02 Å². The largest absolute Gasteiger partial charge is 0.302 e. The second-order valence-corrected chi connectivity index (χ2v) is 8.96. The maximum atomic E-state index is 6.08. The normalized spacial score (nSPS) is 16.8. The number of likely N-dealkylation sites (N-methyl/N-ethyl adjacent to an activating group) is 1. The predicted octanol–water partition coefficient (Wildman–Crippen LogP) is 6.77. The lowest BCUT2D eigenvalue weighted by molar-refractivity contribution is 0.366. The third-order valence-corrected chi connectivity index (χ3v) is 6.17. The van der Waals surface area contributed by atoms with Crippen LogP contribution in [0.5, 0.6) is 0 Å². The molecular weight excluding hydrogens is 378 g/mol. The molecule has 0 N–H and O–H groups in total. The minimum absolute atomic E-state index is 0.580. The highest BCUT2D eigenvalue weighted by atomic mass is 35.5. The van der Waals surface area contributed by atoms with E-state index >= 15 is 0 Å². The van der Waals surface area contributed by atoms with Crippen molar-refractivity contribution in [1.82, 2.24) is 14.9 Å². The van der Waals surface area contributed by atoms with Crippen molar-refractivity contribution in [3.8, 4) is 0 Å². The van der Waals surface area contributed by atoms with Crippen molar-refractivity contribution in [3.63, 3.8) is 0 Å². The molecule has 2 aromatic rings. The summed E-state index contributed by atoms with van der Waals surface area (Å²) in [6, 6.07) is 6.16. The summed E-state index contributed by atoms with van der Waals surface area (Å²) in [4.78, 5) is 10.4. The Hall–Kier alpha value is -1.71. The van der Waals surface area contributed by atoms with E-state index in [4.69, 9.17) is 11.6 Å². The summed E-state index contributed by atoms with van der Waals surface area (Å²) in [7, 11) is 2.17. The summed E-state index contributed by atoms with van der Waals surface area (Å²) in [6.07, 6.45) is 9.05. The Labute approximate surface area is 182 Å². The van der Waals surface area contributed by atoms with E-state index in [0.29, 0.717) is 5.92 Å². The first-order valence-electron chi connectivity index (χ1n) is 10.7. The summed E-state index contributed by atoms with van der Waals surface area (Å²) in [6.45, 7) is 13.4. The quantitative estimate of drug-likeness (QED) is 0.541. The molecule has 0 aliphatic carbocycles. The highest BCUT2D eigenvalue weighted by Gasteiger charge is 2.16. The van der Waals surface area contributed by atoms with E-state index in [2.05, 4.69) is 68.7 Å². The van der Waals surface area contributed by atoms with Crippen LogP contribution in [0.25, 0.3) is 5.57 Å². The number of aromatic nitrogens is 2. The lowest BCUT2D eigenvalue weighted by Crippen LogP contribution is -2.27. The lowest BCUT2D eigenvalue weighted by Gasteiger charge is -2.27. The number of hydrogen-bond acceptors (Lipinski definition) is 3. The molecule has 0 radical (unpaired) electrons. The van der Waals surface area contributed by atoms with Gasteiger partial charge in [0.15, 0.2) is 0 Å². The van der Waals surface area contributed by atoms with Gasteiger partial charge in [-0.2, -0.15) is 0 Å². The molecule has 29 heavy (non-hydrogen) atoms. The molecule has 0 fully saturated rings. The average molecular weight is 414 g/mol. The highest BCUT2D eigenvalue weighted by Crippen LogP contribution is 2.29. The second-order valence-electron chi connectivity index (χ2n) is 8.53. The monoisotopic (exact) mass is 413 g/mol. The Balaban J connectivity index is 0.000000212. The van der Waals surface area contributed by atoms with Gasteiger partial charge in [0.1, 0.15) is 6.33 Å². The third kappa shape index (κ3) is 7.24. The maximum absolute atomic E-state index is 6.08. The van der Waals surface area contributed by atoms with Gasteiger partial charge < -0.3 is 4.90 Å². The van der Waals surface area contributed by atoms with E-state index in [1.807, 2.05) is 18.5 Å². The summed E-state index contributed by atoms with van der Waals surface area (Å²) in [5, 5.41) is 0.828. The highest BCUT2D eigenvalue weighted by molar-refractivity contribution is 6.30. The smallest absolute Gasteiger partial charge is 0.115 e. The first-order chi connectivity index (χ1) is 13.8. The summed E-state index contributed by atoms with van der Waals surface area (Å²) < 4.78 is 0. The molecule has 0 bridgehead atoms. The van der Waals surface area contributed by atoms with Gasteiger partial charge in [-0.3, -0.25) is 0 Å². The maximum Gasteiger partial charge on any atom is 0.115 e. The Morgan fingerprint density at radius 3 is 2.48 bits per heavy atom. The topological polar surface area (TPSA) is 29.0 Å². The standard InChI is InChI=1S/C14H18ClN.C11H18N2/c1-10-4-5-12(15)8-13(10)14-9-16(3)7-6-11(14)2;1-4-9(2)5-10(3)11-6-12-8-13-7-11/h4-5,8H,6-7,9H2,1-3H3;6-10H,4-5H2,1-3H3. The molecule has 0 saturated heterocycles. The molecule has 1 aliphatic heterocycles. The van der Waals surface area contributed by atoms with Gasteiger partial charge in [-0.25, -0.2) is 9.97 Å². The van der Waals surface area contributed by atoms with Gasteiger partial charge in [-0.15, -0.1) is 0 Å². The van der Waals surface area contributed by atoms with Crippen molar-refractivity contribution in [3.05, 3.63) is 64.2 Å². The minimum Gasteiger partial charge on any atom is -0.302 e. The van der Waals surface area contributed by atoms with Crippen LogP contribution in [0.15, 0.2) is 42.5 Å². The second kappa shape index (κ2) is 11.5. The summed E-state index contributed by atoms with van der Waals surface area (Å²) >= 11 is 6.08. The van der Waals surface area contributed by atoms with E-state index in [1.165, 1.54) is 40.7 Å². The van der Waals surface area contributed by atoms with Crippen LogP contribution in [0.1, 0.15) is 69.6 Å². The fourth-order valence-electron chi connectivity index (χ4n) is 3.70. The fourth-order valence-corrected chi connectivity index (χ4v) is 3.87. The summed E-state index contributed by atoms with van der Waals surface area (Å²) in [5.41, 5.74) is 6.84. The van der Waals surface area contributed by atoms with E-state index in [9.17, 15) is 0 Å². The molecule has 2 unspecified atom stereocenters. The van der Waals surface area contributed by atoms with Crippen LogP contribution >= 0.6 is 11.6 Å². The lowest BCUT2D eigenvalue weighted by atomic mass is 9.91. The molecule has 0 saturated carbocycles. The predicted molar refractivity (Wildman–Crippen MR) is 125 cm³/mol. The van der Waals surface area contributed by atoms with Crippen molar-refractivity contribution in [2.24, 2.45) is 5.92 Å². The molecule has 1 aromatic carbocycles. The SMILES string of the molecule is CC1=C(c2cc(Cl)ccc2C)CN(C)CC1.CCC(C)CC(C)c1cncnc1. The molecule has 2 atom stereocenters. The van der Waals surface area contributed by atoms with Gasteiger partial charge in [-0.1, -0.05) is 50.4 Å². The molecule has 3 nitrogen and oxygen atoms in total. The first-order valence-corrected chi connectivity index (χ1v) is 11.1. The van der Waals surface area contributed by atoms with Gasteiger partial charge in [0.05, 0.1) is 0 Å². The van der Waals surface area contributed by atoms with Crippen LogP contribution in [0, 0.1) is 12.8 Å². The van der Waals surface area contributed by atoms with Crippen molar-refractivity contribution >= 4 is 17.2 Å². The molecular formula is C25H36ClN3. The van der Waals surface area contributed by atoms with Gasteiger partial charge in [0, 0.05) is 30.5 Å². The molecule has 0 amide bonds. The molecule has 0 spiro atoms. The number of nitrogens with zero attached hydrogens (tertiary/aromatic N) is 3. The van der Waals surface area contributed by atoms with Gasteiger partial charge >= 0.3 is 0 Å². The van der Waals surface area contributed by atoms with Crippen LogP contribution in [0.4, 0.5) is 0 Å². The van der Waals surface area contributed by atoms with Gasteiger partial charge in [-0.05, 0) is 80.0 Å². The van der Waals surface area contributed by atoms with Crippen LogP contribution in [-0.4, -0.2) is 35.0 Å². The molecule has 158 valence electrons. The molecule has 1 aliphatic rings. The van der Waals surface area contributed by atoms with Crippen LogP contribution in [0.3, 0.4) is 0 Å². The zero-order chi connectivity index (χ0) is 21.4. The molecule has 4 heteroatoms. The Bertz CT molecular complexity index is 801. The number of halogens is 1. The number of hydrogen-bond donors (Lipinski definition) is 0. The van der Waals surface area contributed by atoms with E-state index in [0.717, 1.165) is 30.5 Å². The van der Waals surface area contributed by atoms with Crippen molar-refractivity contribution in [1.29, 1.82) is 0 Å². The van der Waals surface area contributed by atoms with Gasteiger partial charge in [0.25, 0.3) is 0 Å². The Morgan fingerprint density at radius 1 is 1.14 bits per heavy atom. The van der Waals surface area contributed by atoms with Crippen molar-refractivity contribution in [2.75, 3.05) is 20.1 Å². The Kier molecular flexibility index (Phi) is 9.32. The van der Waals surface area contributed by atoms with E-state index in [-0.39, 0.29) is 0 Å². The fraction of sp³-hybridized carbons (Fsp3) is 0.520. The zero-order valence-corrected chi connectivity index (χ0v) is 19.6. The van der Waals surface area contributed by atoms with E-state index < -0.39 is 0 Å². The van der Waals surface area contributed by atoms with Crippen LogP contribution in [-0.2, 0) is 0 Å². The molecule has 3 rings (SSSR count). The number of benzene rings is 1. The van der Waals surface area contributed by atoms with Crippen molar-refractivity contribution in [2.45, 2.75) is 59.8 Å². The molecule has 2 heterocycles. The van der Waals surface area contributed by atoms with E-state index in [1.54, 1.807) is 6.33 Å². The number of aryl methyl sites for hydroxylation is 1. The third-order valence-electron chi connectivity index (χ3n) is 5.94. The van der Waals surface area contributed by atoms with Crippen LogP contribution < -0.4 is 0 Å². The molecule has 1 aromatic heterocycles. The van der Waals surface area contributed by atoms with Gasteiger partial charge in [0.2, 0.25) is 0 Å². The minimum atomic E-state index is 0.580. The summed E-state index contributed by atoms with van der Waals surface area (Å²) in [5.74, 6) is 1.37.